The van der Waals surface area contributed by atoms with E-state index in [2.05, 4.69) is 64.5 Å². The van der Waals surface area contributed by atoms with Gasteiger partial charge in [0.2, 0.25) is 0 Å². The Hall–Kier alpha value is 0.180. The Morgan fingerprint density at radius 1 is 0.522 bits per heavy atom. The molecule has 0 saturated carbocycles. The van der Waals surface area contributed by atoms with Crippen LogP contribution in [0.25, 0.3) is 27.2 Å². The van der Waals surface area contributed by atoms with Crippen molar-refractivity contribution in [1.82, 2.24) is 9.78 Å². The summed E-state index contributed by atoms with van der Waals surface area (Å²) in [7, 11) is -33.4. The van der Waals surface area contributed by atoms with Gasteiger partial charge in [0.15, 0.2) is 5.75 Å². The van der Waals surface area contributed by atoms with Crippen molar-refractivity contribution in [3.05, 3.63) is 119 Å². The summed E-state index contributed by atoms with van der Waals surface area (Å²) in [6.45, 7) is 0. The predicted octanol–water partition coefficient (Wildman–Crippen LogP) is -20.9. The summed E-state index contributed by atoms with van der Waals surface area (Å²) < 4.78 is 222. The van der Waals surface area contributed by atoms with Crippen molar-refractivity contribution in [2.24, 2.45) is 40.9 Å². The van der Waals surface area contributed by atoms with Crippen LogP contribution < -0.4 is 272 Å². The molecule has 0 radical (unpaired) electrons. The quantitative estimate of drug-likeness (QED) is 0.0154. The van der Waals surface area contributed by atoms with E-state index in [1.165, 1.54) is 0 Å². The molecule has 0 spiro atoms. The summed E-state index contributed by atoms with van der Waals surface area (Å²) in [5.74, 6) is -2.58. The zero-order valence-electron chi connectivity index (χ0n) is 48.4. The molecule has 1 heterocycles. The number of rotatable bonds is 16. The van der Waals surface area contributed by atoms with Gasteiger partial charge in [-0.2, -0.15) is 32.6 Å². The topological polar surface area (TPSA) is 600 Å². The fourth-order valence-electron chi connectivity index (χ4n) is 7.17. The molecule has 434 valence electrons. The summed E-state index contributed by atoms with van der Waals surface area (Å²) in [4.78, 5) is 2.71. The number of phenolic OH excluding ortho intramolecular Hbond substituents is 2. The van der Waals surface area contributed by atoms with Crippen LogP contribution in [0.2, 0.25) is 5.02 Å². The Morgan fingerprint density at radius 2 is 1.04 bits per heavy atom. The Kier molecular flexibility index (Phi) is 39.5. The van der Waals surface area contributed by atoms with Crippen LogP contribution in [0.4, 0.5) is 56.9 Å². The molecule has 0 bridgehead atoms. The summed E-state index contributed by atoms with van der Waals surface area (Å²) >= 11 is 6.25. The zero-order chi connectivity index (χ0) is 60.4. The maximum Gasteiger partial charge on any atom is 1.00 e. The van der Waals surface area contributed by atoms with E-state index < -0.39 is 184 Å². The van der Waals surface area contributed by atoms with Gasteiger partial charge in [-0.15, -0.1) is 20.7 Å². The zero-order valence-corrected chi connectivity index (χ0v) is 72.1. The van der Waals surface area contributed by atoms with E-state index in [9.17, 15) is 98.2 Å². The molecule has 5 N–H and O–H groups in total. The van der Waals surface area contributed by atoms with E-state index in [0.29, 0.717) is 30.3 Å². The third-order valence-corrected chi connectivity index (χ3v) is 16.2. The predicted molar refractivity (Wildman–Crippen MR) is 267 cm³/mol. The monoisotopic (exact) mass is 1480 g/mol. The maximum absolute atomic E-state index is 12.9. The number of hydrogen-bond donors (Lipinski definition) is 3. The number of nitro benzene ring substituents is 1. The van der Waals surface area contributed by atoms with E-state index in [-0.39, 0.29) is 289 Å². The molecule has 92 heavy (non-hydrogen) atoms. The summed E-state index contributed by atoms with van der Waals surface area (Å²) in [5, 5.41) is 62.2. The van der Waals surface area contributed by atoms with Crippen molar-refractivity contribution < 1.29 is 364 Å². The van der Waals surface area contributed by atoms with E-state index in [0.717, 1.165) is 53.2 Å². The van der Waals surface area contributed by atoms with Crippen molar-refractivity contribution in [2.45, 2.75) is 29.4 Å². The van der Waals surface area contributed by atoms with Crippen LogP contribution in [0.5, 0.6) is 11.5 Å². The van der Waals surface area contributed by atoms with Gasteiger partial charge in [-0.05, 0) is 66.7 Å². The number of fused-ring (bicyclic) bond motifs is 2. The SMILES string of the molecule is Nc1c(N=Nc2ccc3c(O)c(N=Nc4cc(Cl)c(N=Nc5[c-]nn(-c6ccc(S(=O)(=O)[O-])cc6)[c-]5)c(S(=O)(=O)[O-])c4)c(S(=O)(=O)[O-])cc3c2S(=O)(=O)[O-])cc(S(=O)(=O)[O-])c2c[c-]c(N=Nc3ccc([N+](=O)[O-])cc3S(=O)(=O)[O-])c(O)c12.[Na+].[Na+].[Na+].[Na+].[Na+].[Na+].[Na+].[Na+].[Na+].[OH-]. The Labute approximate surface area is 723 Å². The molecule has 8 rings (SSSR count). The number of non-ortho nitro benzene ring substituents is 1. The maximum atomic E-state index is 12.9. The molecule has 0 unspecified atom stereocenters. The van der Waals surface area contributed by atoms with Crippen molar-refractivity contribution >= 4 is 151 Å². The fourth-order valence-corrected chi connectivity index (χ4v) is 11.4. The van der Waals surface area contributed by atoms with Crippen molar-refractivity contribution in [2.75, 3.05) is 5.73 Å². The van der Waals surface area contributed by atoms with E-state index in [1.54, 1.807) is 0 Å². The van der Waals surface area contributed by atoms with Crippen LogP contribution >= 0.6 is 11.6 Å². The first kappa shape index (κ1) is 96.4. The van der Waals surface area contributed by atoms with Crippen molar-refractivity contribution in [1.29, 1.82) is 0 Å². The van der Waals surface area contributed by atoms with Gasteiger partial charge < -0.3 is 70.9 Å². The van der Waals surface area contributed by atoms with Gasteiger partial charge in [0.1, 0.15) is 89.1 Å². The van der Waals surface area contributed by atoms with Crippen LogP contribution in [-0.2, 0) is 60.7 Å². The number of benzene rings is 7. The number of nitrogens with zero attached hydrogens (tertiary/aromatic N) is 11. The second-order valence-electron chi connectivity index (χ2n) is 15.8. The van der Waals surface area contributed by atoms with Crippen LogP contribution in [-0.4, -0.2) is 108 Å². The minimum atomic E-state index is -5.97. The van der Waals surface area contributed by atoms with E-state index >= 15 is 0 Å². The van der Waals surface area contributed by atoms with Crippen molar-refractivity contribution in [3.8, 4) is 17.2 Å². The standard InChI is InChI=1S/C41H24ClN12O22S6.9Na.H2O/c42-26-11-18(12-33(80(68,69)70)37(26)51-46-19-16-44-53(17-19)20-1-4-22(5-2-20)77(59,60)61)45-52-38-34(81(71,72)73)14-25-23(39(38)55)6-10-29(41(25)82(74,75)76)49-50-30-15-31(78(62,63)64)24-7-9-28(40(56)35(24)36(30)43)48-47-27-8-3-21(54(57)58)13-32(27)79(65,66)67;;;;;;;;;;/h1-8,10-15,55-56H,43H2,(H,59,60,61)(H,62,63,64)(H,65,66,67)(H,68,69,70)(H,71,72,73)(H,74,75,76);;;;;;;;;;1H2/q-3;9*+1;/p-7. The van der Waals surface area contributed by atoms with Gasteiger partial charge >= 0.3 is 266 Å². The summed E-state index contributed by atoms with van der Waals surface area (Å²) in [6.07, 6.45) is 4.82. The Bertz CT molecular complexity index is 4990. The average Bonchev–Trinajstić information content (AvgIpc) is 0.888. The smallest absolute Gasteiger partial charge is 0.870 e. The number of nitrogen functional groups attached to an aromatic ring is 1. The largest absolute Gasteiger partial charge is 1.00 e. The molecule has 35 nitrogen and oxygen atoms in total. The number of anilines is 1. The normalized spacial score (nSPS) is 11.8. The summed E-state index contributed by atoms with van der Waals surface area (Å²) in [5.41, 5.74) is -2.13. The third kappa shape index (κ3) is 22.6. The molecule has 0 fully saturated rings. The molecule has 0 aliphatic carbocycles. The van der Waals surface area contributed by atoms with Gasteiger partial charge in [-0.25, -0.2) is 61.3 Å². The van der Waals surface area contributed by atoms with Crippen LogP contribution in [0.1, 0.15) is 0 Å². The number of azo groups is 4. The second kappa shape index (κ2) is 37.7. The molecule has 51 heteroatoms. The number of halogens is 1. The van der Waals surface area contributed by atoms with Crippen LogP contribution in [0, 0.1) is 28.6 Å². The molecular weight excluding hydrogens is 1460 g/mol. The molecule has 1 aromatic heterocycles. The molecular formula is C41H19ClN12Na9O23S6-. The number of hydrogen-bond acceptors (Lipinski definition) is 33. The van der Waals surface area contributed by atoms with Gasteiger partial charge in [-0.1, -0.05) is 17.0 Å². The second-order valence-corrected chi connectivity index (χ2v) is 24.3. The van der Waals surface area contributed by atoms with Gasteiger partial charge in [-0.3, -0.25) is 10.1 Å². The number of aromatic nitrogens is 2. The number of aromatic hydroxyl groups is 2. The Morgan fingerprint density at radius 3 is 1.58 bits per heavy atom. The molecule has 0 atom stereocenters. The number of nitrogens with two attached hydrogens (primary N) is 1. The third-order valence-electron chi connectivity index (χ3n) is 10.7. The first-order valence-corrected chi connectivity index (χ1v) is 29.6. The molecule has 0 aliphatic rings. The molecule has 0 saturated heterocycles. The van der Waals surface area contributed by atoms with Crippen molar-refractivity contribution in [3.63, 3.8) is 0 Å². The number of phenols is 2. The molecule has 0 amide bonds. The van der Waals surface area contributed by atoms with Gasteiger partial charge in [0, 0.05) is 50.6 Å². The minimum absolute atomic E-state index is 0. The first-order chi connectivity index (χ1) is 37.9. The van der Waals surface area contributed by atoms with E-state index in [1.807, 2.05) is 0 Å². The molecule has 8 aromatic rings. The minimum Gasteiger partial charge on any atom is -0.870 e. The van der Waals surface area contributed by atoms with Crippen LogP contribution in [0.3, 0.4) is 0 Å². The van der Waals surface area contributed by atoms with E-state index in [4.69, 9.17) is 17.3 Å². The average molecular weight is 1480 g/mol. The number of nitro groups is 1. The Balaban J connectivity index is -0.00000792. The van der Waals surface area contributed by atoms with Gasteiger partial charge in [0.25, 0.3) is 5.69 Å². The molecule has 7 aromatic carbocycles. The summed E-state index contributed by atoms with van der Waals surface area (Å²) in [6, 6.07) is 12.3. The first-order valence-electron chi connectivity index (χ1n) is 20.8. The molecule has 0 aliphatic heterocycles. The van der Waals surface area contributed by atoms with Gasteiger partial charge in [0.05, 0.1) is 40.1 Å². The van der Waals surface area contributed by atoms with Crippen LogP contribution in [0.15, 0.2) is 155 Å². The fraction of sp³-hybridized carbons (Fsp3) is 0.